The first-order valence-electron chi connectivity index (χ1n) is 6.74. The zero-order valence-corrected chi connectivity index (χ0v) is 10.8. The number of nitrogens with one attached hydrogen (secondary N) is 1. The predicted molar refractivity (Wildman–Crippen MR) is 64.8 cm³/mol. The van der Waals surface area contributed by atoms with Crippen LogP contribution in [0.5, 0.6) is 0 Å². The van der Waals surface area contributed by atoms with Crippen LogP contribution in [-0.2, 0) is 19.1 Å². The maximum atomic E-state index is 11.8. The molecule has 18 heavy (non-hydrogen) atoms. The van der Waals surface area contributed by atoms with Crippen molar-refractivity contribution in [1.29, 1.82) is 0 Å². The highest BCUT2D eigenvalue weighted by Gasteiger charge is 2.40. The van der Waals surface area contributed by atoms with Gasteiger partial charge in [-0.05, 0) is 44.4 Å². The van der Waals surface area contributed by atoms with E-state index in [4.69, 9.17) is 9.47 Å². The number of amides is 1. The third-order valence-corrected chi connectivity index (χ3v) is 3.76. The lowest BCUT2D eigenvalue weighted by molar-refractivity contribution is -0.150. The second-order valence-corrected chi connectivity index (χ2v) is 5.05. The second-order valence-electron chi connectivity index (χ2n) is 5.05. The maximum Gasteiger partial charge on any atom is 0.328 e. The summed E-state index contributed by atoms with van der Waals surface area (Å²) < 4.78 is 10.8. The number of carbonyl (C=O) groups excluding carboxylic acids is 2. The van der Waals surface area contributed by atoms with Crippen molar-refractivity contribution < 1.29 is 19.1 Å². The Hall–Kier alpha value is -1.10. The zero-order chi connectivity index (χ0) is 13.0. The molecule has 1 heterocycles. The molecule has 0 aromatic heterocycles. The van der Waals surface area contributed by atoms with Crippen LogP contribution in [0.25, 0.3) is 0 Å². The lowest BCUT2D eigenvalue weighted by Crippen LogP contribution is -2.47. The Labute approximate surface area is 107 Å². The molecule has 1 saturated carbocycles. The minimum absolute atomic E-state index is 0.133. The third-order valence-electron chi connectivity index (χ3n) is 3.76. The van der Waals surface area contributed by atoms with Crippen LogP contribution >= 0.6 is 0 Å². The molecule has 0 radical (unpaired) electrons. The third kappa shape index (κ3) is 3.22. The van der Waals surface area contributed by atoms with Crippen LogP contribution in [0.3, 0.4) is 0 Å². The van der Waals surface area contributed by atoms with Gasteiger partial charge >= 0.3 is 5.97 Å². The van der Waals surface area contributed by atoms with Crippen molar-refractivity contribution in [2.45, 2.75) is 44.8 Å². The van der Waals surface area contributed by atoms with Crippen molar-refractivity contribution in [2.24, 2.45) is 11.8 Å². The smallest absolute Gasteiger partial charge is 0.328 e. The average Bonchev–Trinajstić information content (AvgIpc) is 3.20. The van der Waals surface area contributed by atoms with E-state index in [1.807, 2.05) is 0 Å². The first-order valence-corrected chi connectivity index (χ1v) is 6.74. The van der Waals surface area contributed by atoms with Crippen LogP contribution in [-0.4, -0.2) is 37.7 Å². The van der Waals surface area contributed by atoms with E-state index in [-0.39, 0.29) is 18.0 Å². The Morgan fingerprint density at radius 3 is 2.89 bits per heavy atom. The molecule has 1 aliphatic heterocycles. The van der Waals surface area contributed by atoms with Gasteiger partial charge in [-0.1, -0.05) is 0 Å². The summed E-state index contributed by atoms with van der Waals surface area (Å²) in [6.07, 6.45) is 4.94. The summed E-state index contributed by atoms with van der Waals surface area (Å²) in [5.41, 5.74) is 0. The van der Waals surface area contributed by atoms with Gasteiger partial charge in [-0.25, -0.2) is 4.79 Å². The number of carbonyl (C=O) groups is 2. The molecule has 0 aromatic carbocycles. The molecule has 2 aliphatic rings. The fraction of sp³-hybridized carbons (Fsp3) is 0.846. The Kier molecular flexibility index (Phi) is 4.58. The molecule has 0 spiro atoms. The summed E-state index contributed by atoms with van der Waals surface area (Å²) in [6.45, 7) is 2.78. The molecule has 5 nitrogen and oxygen atoms in total. The van der Waals surface area contributed by atoms with E-state index >= 15 is 0 Å². The number of hydrogen-bond acceptors (Lipinski definition) is 4. The molecule has 2 rings (SSSR count). The fourth-order valence-electron chi connectivity index (χ4n) is 2.66. The molecule has 3 atom stereocenters. The molecule has 1 N–H and O–H groups in total. The molecule has 0 unspecified atom stereocenters. The summed E-state index contributed by atoms with van der Waals surface area (Å²) in [5, 5.41) is 2.61. The van der Waals surface area contributed by atoms with Gasteiger partial charge in [0, 0.05) is 6.61 Å². The molecule has 2 fully saturated rings. The molecule has 102 valence electrons. The Balaban J connectivity index is 1.95. The number of rotatable bonds is 6. The summed E-state index contributed by atoms with van der Waals surface area (Å²) in [4.78, 5) is 22.5. The van der Waals surface area contributed by atoms with Crippen LogP contribution in [0.1, 0.15) is 32.6 Å². The van der Waals surface area contributed by atoms with Gasteiger partial charge in [-0.15, -0.1) is 0 Å². The molecular weight excluding hydrogens is 234 g/mol. The first kappa shape index (κ1) is 13.3. The zero-order valence-electron chi connectivity index (χ0n) is 10.8. The van der Waals surface area contributed by atoms with Crippen LogP contribution in [0.4, 0.5) is 0 Å². The summed E-state index contributed by atoms with van der Waals surface area (Å²) in [7, 11) is 0. The highest BCUT2D eigenvalue weighted by atomic mass is 16.5. The average molecular weight is 255 g/mol. The Bertz CT molecular complexity index is 303. The van der Waals surface area contributed by atoms with E-state index < -0.39 is 6.04 Å². The van der Waals surface area contributed by atoms with E-state index in [1.165, 1.54) is 12.8 Å². The monoisotopic (exact) mass is 255 g/mol. The van der Waals surface area contributed by atoms with E-state index in [1.54, 1.807) is 6.92 Å². The summed E-state index contributed by atoms with van der Waals surface area (Å²) >= 11 is 0. The van der Waals surface area contributed by atoms with Crippen LogP contribution in [0.15, 0.2) is 0 Å². The maximum absolute atomic E-state index is 11.8. The normalized spacial score (nSPS) is 29.4. The Morgan fingerprint density at radius 2 is 2.28 bits per heavy atom. The Morgan fingerprint density at radius 1 is 1.50 bits per heavy atom. The van der Waals surface area contributed by atoms with Gasteiger partial charge < -0.3 is 14.8 Å². The molecule has 5 heteroatoms. The fourth-order valence-corrected chi connectivity index (χ4v) is 2.66. The van der Waals surface area contributed by atoms with Crippen LogP contribution < -0.4 is 5.32 Å². The topological polar surface area (TPSA) is 64.6 Å². The SMILES string of the molecule is CCOC(=O)[C@@H](NC=O)[C@@H]1CCO[C@H](C2CC2)C1. The van der Waals surface area contributed by atoms with Crippen molar-refractivity contribution in [1.82, 2.24) is 5.32 Å². The highest BCUT2D eigenvalue weighted by Crippen LogP contribution is 2.40. The second kappa shape index (κ2) is 6.18. The first-order chi connectivity index (χ1) is 8.76. The summed E-state index contributed by atoms with van der Waals surface area (Å²) in [6, 6.07) is -0.521. The van der Waals surface area contributed by atoms with Crippen molar-refractivity contribution in [3.63, 3.8) is 0 Å². The molecule has 1 amide bonds. The number of hydrogen-bond donors (Lipinski definition) is 1. The van der Waals surface area contributed by atoms with E-state index in [9.17, 15) is 9.59 Å². The van der Waals surface area contributed by atoms with Gasteiger partial charge in [-0.3, -0.25) is 4.79 Å². The van der Waals surface area contributed by atoms with Gasteiger partial charge in [0.25, 0.3) is 0 Å². The van der Waals surface area contributed by atoms with Gasteiger partial charge in [0.2, 0.25) is 6.41 Å². The number of ether oxygens (including phenoxy) is 2. The number of esters is 1. The van der Waals surface area contributed by atoms with Gasteiger partial charge in [0.15, 0.2) is 0 Å². The molecule has 0 aromatic rings. The lowest BCUT2D eigenvalue weighted by atomic mass is 9.87. The van der Waals surface area contributed by atoms with Crippen molar-refractivity contribution in [3.05, 3.63) is 0 Å². The van der Waals surface area contributed by atoms with Crippen molar-refractivity contribution in [2.75, 3.05) is 13.2 Å². The highest BCUT2D eigenvalue weighted by molar-refractivity contribution is 5.78. The molecular formula is C13H21NO4. The minimum atomic E-state index is -0.521. The standard InChI is InChI=1S/C13H21NO4/c1-2-17-13(16)12(14-8-15)10-5-6-18-11(7-10)9-3-4-9/h8-12H,2-7H2,1H3,(H,14,15)/t10-,11+,12+/m1/s1. The van der Waals surface area contributed by atoms with E-state index in [0.717, 1.165) is 12.8 Å². The van der Waals surface area contributed by atoms with Crippen molar-refractivity contribution >= 4 is 12.4 Å². The van der Waals surface area contributed by atoms with Gasteiger partial charge in [-0.2, -0.15) is 0 Å². The lowest BCUT2D eigenvalue weighted by Gasteiger charge is -2.33. The minimum Gasteiger partial charge on any atom is -0.464 e. The molecule has 0 bridgehead atoms. The molecule has 1 aliphatic carbocycles. The van der Waals surface area contributed by atoms with E-state index in [2.05, 4.69) is 5.32 Å². The quantitative estimate of drug-likeness (QED) is 0.565. The van der Waals surface area contributed by atoms with Gasteiger partial charge in [0.05, 0.1) is 12.7 Å². The van der Waals surface area contributed by atoms with E-state index in [0.29, 0.717) is 25.5 Å². The molecule has 1 saturated heterocycles. The predicted octanol–water partition coefficient (Wildman–Crippen LogP) is 0.869. The largest absolute Gasteiger partial charge is 0.464 e. The summed E-state index contributed by atoms with van der Waals surface area (Å²) in [5.74, 6) is 0.464. The van der Waals surface area contributed by atoms with Crippen molar-refractivity contribution in [3.8, 4) is 0 Å². The van der Waals surface area contributed by atoms with Crippen LogP contribution in [0, 0.1) is 11.8 Å². The van der Waals surface area contributed by atoms with Gasteiger partial charge in [0.1, 0.15) is 6.04 Å². The van der Waals surface area contributed by atoms with Crippen LogP contribution in [0.2, 0.25) is 0 Å².